The maximum absolute atomic E-state index is 12.8. The van der Waals surface area contributed by atoms with Gasteiger partial charge in [-0.15, -0.1) is 0 Å². The molecule has 0 aliphatic carbocycles. The zero-order valence-corrected chi connectivity index (χ0v) is 12.2. The summed E-state index contributed by atoms with van der Waals surface area (Å²) in [5, 5.41) is 0. The number of benzene rings is 2. The maximum Gasteiger partial charge on any atom is 0.258 e. The van der Waals surface area contributed by atoms with Gasteiger partial charge < -0.3 is 15.4 Å². The molecular formula is C17H18N2O2. The molecule has 2 aromatic carbocycles. The quantitative estimate of drug-likeness (QED) is 0.862. The molecule has 0 saturated carbocycles. The Bertz CT molecular complexity index is 697. The first-order valence-corrected chi connectivity index (χ1v) is 6.97. The Balaban J connectivity index is 1.97. The summed E-state index contributed by atoms with van der Waals surface area (Å²) in [5.41, 5.74) is 9.16. The summed E-state index contributed by atoms with van der Waals surface area (Å²) in [4.78, 5) is 14.6. The van der Waals surface area contributed by atoms with Crippen LogP contribution in [0.2, 0.25) is 0 Å². The molecule has 21 heavy (non-hydrogen) atoms. The summed E-state index contributed by atoms with van der Waals surface area (Å²) in [5.74, 6) is 0.559. The van der Waals surface area contributed by atoms with Crippen molar-refractivity contribution in [1.29, 1.82) is 0 Å². The van der Waals surface area contributed by atoms with Crippen molar-refractivity contribution in [1.82, 2.24) is 0 Å². The summed E-state index contributed by atoms with van der Waals surface area (Å²) in [6, 6.07) is 13.3. The molecule has 0 saturated heterocycles. The number of para-hydroxylation sites is 1. The summed E-state index contributed by atoms with van der Waals surface area (Å²) in [7, 11) is 1.56. The van der Waals surface area contributed by atoms with Gasteiger partial charge in [-0.25, -0.2) is 0 Å². The lowest BCUT2D eigenvalue weighted by molar-refractivity contribution is 0.0981. The first-order valence-electron chi connectivity index (χ1n) is 6.97. The van der Waals surface area contributed by atoms with Gasteiger partial charge in [0.05, 0.1) is 12.8 Å². The second-order valence-electron chi connectivity index (χ2n) is 5.31. The van der Waals surface area contributed by atoms with E-state index in [2.05, 4.69) is 13.0 Å². The Morgan fingerprint density at radius 1 is 1.29 bits per heavy atom. The monoisotopic (exact) mass is 282 g/mol. The number of amides is 1. The first kappa shape index (κ1) is 13.5. The van der Waals surface area contributed by atoms with E-state index >= 15 is 0 Å². The van der Waals surface area contributed by atoms with E-state index in [4.69, 9.17) is 10.5 Å². The minimum Gasteiger partial charge on any atom is -0.495 e. The lowest BCUT2D eigenvalue weighted by Crippen LogP contribution is -2.35. The molecule has 2 aromatic rings. The second-order valence-corrected chi connectivity index (χ2v) is 5.31. The van der Waals surface area contributed by atoms with E-state index in [0.29, 0.717) is 17.0 Å². The van der Waals surface area contributed by atoms with Gasteiger partial charge in [0, 0.05) is 17.3 Å². The smallest absolute Gasteiger partial charge is 0.258 e. The van der Waals surface area contributed by atoms with Gasteiger partial charge in [-0.3, -0.25) is 4.79 Å². The molecule has 1 amide bonds. The summed E-state index contributed by atoms with van der Waals surface area (Å²) < 4.78 is 5.13. The van der Waals surface area contributed by atoms with Gasteiger partial charge in [0.2, 0.25) is 0 Å². The van der Waals surface area contributed by atoms with Crippen molar-refractivity contribution in [3.8, 4) is 5.75 Å². The predicted molar refractivity (Wildman–Crippen MR) is 83.8 cm³/mol. The topological polar surface area (TPSA) is 55.6 Å². The number of methoxy groups -OCH3 is 1. The van der Waals surface area contributed by atoms with Crippen LogP contribution in [0.25, 0.3) is 0 Å². The molecule has 1 atom stereocenters. The third kappa shape index (κ3) is 2.23. The van der Waals surface area contributed by atoms with Crippen molar-refractivity contribution in [2.24, 2.45) is 0 Å². The highest BCUT2D eigenvalue weighted by Crippen LogP contribution is 2.33. The number of nitrogens with zero attached hydrogens (tertiary/aromatic N) is 1. The van der Waals surface area contributed by atoms with Crippen LogP contribution < -0.4 is 15.4 Å². The fourth-order valence-corrected chi connectivity index (χ4v) is 2.88. The average molecular weight is 282 g/mol. The Hall–Kier alpha value is -2.49. The molecule has 4 heteroatoms. The molecule has 0 bridgehead atoms. The van der Waals surface area contributed by atoms with E-state index in [1.54, 1.807) is 25.3 Å². The Morgan fingerprint density at radius 2 is 2.05 bits per heavy atom. The van der Waals surface area contributed by atoms with Crippen molar-refractivity contribution >= 4 is 17.3 Å². The number of ether oxygens (including phenoxy) is 1. The van der Waals surface area contributed by atoms with Gasteiger partial charge in [0.25, 0.3) is 5.91 Å². The van der Waals surface area contributed by atoms with Crippen LogP contribution in [-0.2, 0) is 6.42 Å². The van der Waals surface area contributed by atoms with Crippen LogP contribution in [0, 0.1) is 0 Å². The fraction of sp³-hybridized carbons (Fsp3) is 0.235. The van der Waals surface area contributed by atoms with E-state index in [0.717, 1.165) is 12.1 Å². The summed E-state index contributed by atoms with van der Waals surface area (Å²) in [6.07, 6.45) is 0.882. The number of carbonyl (C=O) groups is 1. The average Bonchev–Trinajstić information content (AvgIpc) is 2.82. The summed E-state index contributed by atoms with van der Waals surface area (Å²) >= 11 is 0. The Kier molecular flexibility index (Phi) is 3.29. The third-order valence-corrected chi connectivity index (χ3v) is 3.90. The molecule has 1 unspecified atom stereocenters. The number of anilines is 2. The predicted octanol–water partition coefficient (Wildman–Crippen LogP) is 2.87. The van der Waals surface area contributed by atoms with Gasteiger partial charge in [0.15, 0.2) is 0 Å². The van der Waals surface area contributed by atoms with Gasteiger partial charge in [-0.05, 0) is 43.2 Å². The molecule has 0 fully saturated rings. The van der Waals surface area contributed by atoms with E-state index in [-0.39, 0.29) is 11.9 Å². The highest BCUT2D eigenvalue weighted by Gasteiger charge is 2.31. The number of carbonyl (C=O) groups excluding carboxylic acids is 1. The maximum atomic E-state index is 12.8. The van der Waals surface area contributed by atoms with Crippen LogP contribution in [0.3, 0.4) is 0 Å². The number of fused-ring (bicyclic) bond motifs is 1. The number of hydrogen-bond acceptors (Lipinski definition) is 3. The number of nitrogen functional groups attached to an aromatic ring is 1. The van der Waals surface area contributed by atoms with Crippen molar-refractivity contribution in [3.63, 3.8) is 0 Å². The molecule has 4 nitrogen and oxygen atoms in total. The van der Waals surface area contributed by atoms with Crippen LogP contribution in [0.15, 0.2) is 42.5 Å². The minimum atomic E-state index is -0.0261. The molecule has 1 aliphatic heterocycles. The van der Waals surface area contributed by atoms with E-state index < -0.39 is 0 Å². The van der Waals surface area contributed by atoms with Crippen molar-refractivity contribution < 1.29 is 9.53 Å². The molecule has 0 spiro atoms. The van der Waals surface area contributed by atoms with Crippen LogP contribution in [0.1, 0.15) is 22.8 Å². The molecular weight excluding hydrogens is 264 g/mol. The number of rotatable bonds is 2. The van der Waals surface area contributed by atoms with Crippen LogP contribution in [-0.4, -0.2) is 19.1 Å². The SMILES string of the molecule is COc1ccc(C(=O)N2c3ccccc3CC2C)cc1N. The third-order valence-electron chi connectivity index (χ3n) is 3.90. The molecule has 2 N–H and O–H groups in total. The van der Waals surface area contributed by atoms with E-state index in [1.165, 1.54) is 5.56 Å². The highest BCUT2D eigenvalue weighted by molar-refractivity contribution is 6.08. The lowest BCUT2D eigenvalue weighted by atomic mass is 10.1. The van der Waals surface area contributed by atoms with E-state index in [1.807, 2.05) is 23.1 Å². The fourth-order valence-electron chi connectivity index (χ4n) is 2.88. The molecule has 108 valence electrons. The number of nitrogens with two attached hydrogens (primary N) is 1. The largest absolute Gasteiger partial charge is 0.495 e. The molecule has 3 rings (SSSR count). The van der Waals surface area contributed by atoms with Crippen molar-refractivity contribution in [2.45, 2.75) is 19.4 Å². The van der Waals surface area contributed by atoms with Crippen LogP contribution >= 0.6 is 0 Å². The molecule has 0 aromatic heterocycles. The Morgan fingerprint density at radius 3 is 2.76 bits per heavy atom. The van der Waals surface area contributed by atoms with Crippen molar-refractivity contribution in [2.75, 3.05) is 17.7 Å². The van der Waals surface area contributed by atoms with Gasteiger partial charge in [-0.2, -0.15) is 0 Å². The molecule has 1 heterocycles. The van der Waals surface area contributed by atoms with Crippen LogP contribution in [0.4, 0.5) is 11.4 Å². The summed E-state index contributed by atoms with van der Waals surface area (Å²) in [6.45, 7) is 2.06. The second kappa shape index (κ2) is 5.13. The van der Waals surface area contributed by atoms with Gasteiger partial charge in [-0.1, -0.05) is 18.2 Å². The van der Waals surface area contributed by atoms with Crippen molar-refractivity contribution in [3.05, 3.63) is 53.6 Å². The van der Waals surface area contributed by atoms with E-state index in [9.17, 15) is 4.79 Å². The van der Waals surface area contributed by atoms with Gasteiger partial charge >= 0.3 is 0 Å². The standard InChI is InChI=1S/C17H18N2O2/c1-11-9-12-5-3-4-6-15(12)19(11)17(20)13-7-8-16(21-2)14(18)10-13/h3-8,10-11H,9,18H2,1-2H3. The first-order chi connectivity index (χ1) is 10.1. The van der Waals surface area contributed by atoms with Gasteiger partial charge in [0.1, 0.15) is 5.75 Å². The lowest BCUT2D eigenvalue weighted by Gasteiger charge is -2.23. The minimum absolute atomic E-state index is 0.0261. The molecule has 1 aliphatic rings. The highest BCUT2D eigenvalue weighted by atomic mass is 16.5. The zero-order chi connectivity index (χ0) is 15.0. The molecule has 0 radical (unpaired) electrons. The Labute approximate surface area is 124 Å². The number of hydrogen-bond donors (Lipinski definition) is 1. The zero-order valence-electron chi connectivity index (χ0n) is 12.2. The van der Waals surface area contributed by atoms with Crippen LogP contribution in [0.5, 0.6) is 5.75 Å². The normalized spacial score (nSPS) is 16.7.